The lowest BCUT2D eigenvalue weighted by atomic mass is 10.0. The molecule has 8 aromatic carbocycles. The molecule has 0 aliphatic heterocycles. The van der Waals surface area contributed by atoms with E-state index in [1.165, 1.54) is 54.7 Å². The summed E-state index contributed by atoms with van der Waals surface area (Å²) in [5.74, 6) is 0. The maximum Gasteiger partial charge on any atom is 0.137 e. The summed E-state index contributed by atoms with van der Waals surface area (Å²) in [4.78, 5) is 2.39. The number of nitrogens with zero attached hydrogens (tertiary/aromatic N) is 3. The molecule has 4 heterocycles. The summed E-state index contributed by atoms with van der Waals surface area (Å²) in [6.45, 7) is 0. The Bertz CT molecular complexity index is 3360. The number of anilines is 3. The maximum atomic E-state index is 6.47. The lowest BCUT2D eigenvalue weighted by Crippen LogP contribution is -2.11. The van der Waals surface area contributed by atoms with Gasteiger partial charge in [-0.3, -0.25) is 0 Å². The zero-order valence-corrected chi connectivity index (χ0v) is 28.0. The van der Waals surface area contributed by atoms with E-state index >= 15 is 0 Å². The van der Waals surface area contributed by atoms with Crippen molar-refractivity contribution >= 4 is 93.6 Å². The summed E-state index contributed by atoms with van der Waals surface area (Å²) in [6.07, 6.45) is 0. The van der Waals surface area contributed by atoms with E-state index in [1.807, 2.05) is 12.1 Å². The molecule has 4 nitrogen and oxygen atoms in total. The van der Waals surface area contributed by atoms with Gasteiger partial charge in [0.25, 0.3) is 0 Å². The fourth-order valence-electron chi connectivity index (χ4n) is 8.83. The molecule has 0 saturated carbocycles. The van der Waals surface area contributed by atoms with Crippen molar-refractivity contribution in [2.45, 2.75) is 0 Å². The summed E-state index contributed by atoms with van der Waals surface area (Å²) < 4.78 is 11.4. The Morgan fingerprint density at radius 3 is 1.69 bits per heavy atom. The van der Waals surface area contributed by atoms with Gasteiger partial charge in [0, 0.05) is 55.3 Å². The van der Waals surface area contributed by atoms with E-state index in [1.54, 1.807) is 0 Å². The first-order valence-electron chi connectivity index (χ1n) is 17.8. The van der Waals surface area contributed by atoms with Gasteiger partial charge in [0.05, 0.1) is 38.8 Å². The van der Waals surface area contributed by atoms with E-state index < -0.39 is 0 Å². The molecule has 12 aromatic rings. The summed E-state index contributed by atoms with van der Waals surface area (Å²) in [5.41, 5.74) is 14.5. The number of hydrogen-bond acceptors (Lipinski definition) is 2. The Morgan fingerprint density at radius 1 is 0.365 bits per heavy atom. The standard InChI is InChI=1S/C48H29N3O/c1-2-12-30(13-3-1)33-14-4-8-18-40(33)49(32-22-24-37-36-17-7-11-21-45(36)52-46(37)29-32)31-23-27-43-44(28-31)51-42-20-10-6-16-35(42)39-26-25-38-34-15-5-9-19-41(34)50(43)47(38)48(39)51/h1-29H. The summed E-state index contributed by atoms with van der Waals surface area (Å²) in [5, 5.41) is 7.31. The SMILES string of the molecule is c1ccc(-c2ccccc2N(c2ccc3c(c2)oc2ccccc23)c2ccc3c(c2)n2c4ccccc4c4ccc5c6ccccc6n3c5c42)cc1. The minimum absolute atomic E-state index is 0.868. The fourth-order valence-corrected chi connectivity index (χ4v) is 8.83. The third kappa shape index (κ3) is 3.65. The average Bonchev–Trinajstić information content (AvgIpc) is 3.86. The molecule has 0 unspecified atom stereocenters. The van der Waals surface area contributed by atoms with Gasteiger partial charge >= 0.3 is 0 Å². The van der Waals surface area contributed by atoms with Gasteiger partial charge in [-0.1, -0.05) is 115 Å². The lowest BCUT2D eigenvalue weighted by Gasteiger charge is -2.28. The number of fused-ring (bicyclic) bond motifs is 12. The zero-order chi connectivity index (χ0) is 33.9. The number of benzene rings is 8. The van der Waals surface area contributed by atoms with E-state index in [0.717, 1.165) is 50.1 Å². The van der Waals surface area contributed by atoms with Crippen molar-refractivity contribution in [2.75, 3.05) is 4.90 Å². The smallest absolute Gasteiger partial charge is 0.137 e. The normalized spacial score (nSPS) is 12.2. The topological polar surface area (TPSA) is 25.2 Å². The minimum atomic E-state index is 0.868. The number of furan rings is 1. The Hall–Kier alpha value is -7.04. The molecule has 52 heavy (non-hydrogen) atoms. The van der Waals surface area contributed by atoms with Crippen LogP contribution >= 0.6 is 0 Å². The molecule has 0 spiro atoms. The van der Waals surface area contributed by atoms with Gasteiger partial charge in [0.15, 0.2) is 0 Å². The van der Waals surface area contributed by atoms with Crippen LogP contribution in [-0.2, 0) is 0 Å². The highest BCUT2D eigenvalue weighted by Crippen LogP contribution is 2.46. The summed E-state index contributed by atoms with van der Waals surface area (Å²) in [6, 6.07) is 63.5. The van der Waals surface area contributed by atoms with Gasteiger partial charge in [-0.25, -0.2) is 0 Å². The van der Waals surface area contributed by atoms with Crippen LogP contribution in [0.3, 0.4) is 0 Å². The summed E-state index contributed by atoms with van der Waals surface area (Å²) >= 11 is 0. The molecule has 0 aliphatic rings. The molecule has 0 atom stereocenters. The molecule has 12 rings (SSSR count). The van der Waals surface area contributed by atoms with Crippen LogP contribution in [-0.4, -0.2) is 8.80 Å². The number of para-hydroxylation sites is 4. The van der Waals surface area contributed by atoms with Crippen LogP contribution in [0.2, 0.25) is 0 Å². The average molecular weight is 664 g/mol. The number of rotatable bonds is 4. The van der Waals surface area contributed by atoms with Gasteiger partial charge < -0.3 is 18.1 Å². The highest BCUT2D eigenvalue weighted by Gasteiger charge is 2.24. The van der Waals surface area contributed by atoms with Crippen molar-refractivity contribution in [3.05, 3.63) is 176 Å². The second-order valence-corrected chi connectivity index (χ2v) is 13.7. The third-order valence-corrected chi connectivity index (χ3v) is 11.0. The van der Waals surface area contributed by atoms with E-state index in [-0.39, 0.29) is 0 Å². The van der Waals surface area contributed by atoms with E-state index in [0.29, 0.717) is 0 Å². The van der Waals surface area contributed by atoms with Crippen molar-refractivity contribution in [2.24, 2.45) is 0 Å². The quantitative estimate of drug-likeness (QED) is 0.175. The Balaban J connectivity index is 1.21. The highest BCUT2D eigenvalue weighted by molar-refractivity contribution is 6.25. The second-order valence-electron chi connectivity index (χ2n) is 13.7. The maximum absolute atomic E-state index is 6.47. The fraction of sp³-hybridized carbons (Fsp3) is 0. The molecule has 0 radical (unpaired) electrons. The first-order chi connectivity index (χ1) is 25.8. The van der Waals surface area contributed by atoms with Crippen molar-refractivity contribution in [3.8, 4) is 11.1 Å². The van der Waals surface area contributed by atoms with E-state index in [9.17, 15) is 0 Å². The molecule has 0 saturated heterocycles. The molecule has 0 aliphatic carbocycles. The molecule has 4 aromatic heterocycles. The van der Waals surface area contributed by atoms with Gasteiger partial charge in [-0.05, 0) is 60.2 Å². The Kier molecular flexibility index (Phi) is 5.47. The van der Waals surface area contributed by atoms with Crippen LogP contribution in [0.1, 0.15) is 0 Å². The Morgan fingerprint density at radius 2 is 0.923 bits per heavy atom. The molecule has 4 heteroatoms. The van der Waals surface area contributed by atoms with Crippen LogP contribution in [0.4, 0.5) is 17.1 Å². The first-order valence-corrected chi connectivity index (χ1v) is 17.8. The summed E-state index contributed by atoms with van der Waals surface area (Å²) in [7, 11) is 0. The van der Waals surface area contributed by atoms with Gasteiger partial charge in [-0.15, -0.1) is 0 Å². The molecular weight excluding hydrogens is 635 g/mol. The van der Waals surface area contributed by atoms with Gasteiger partial charge in [0.1, 0.15) is 11.2 Å². The molecule has 0 fully saturated rings. The van der Waals surface area contributed by atoms with Crippen molar-refractivity contribution < 1.29 is 4.42 Å². The first kappa shape index (κ1) is 27.7. The predicted molar refractivity (Wildman–Crippen MR) is 217 cm³/mol. The largest absolute Gasteiger partial charge is 0.456 e. The van der Waals surface area contributed by atoms with Crippen LogP contribution < -0.4 is 4.90 Å². The van der Waals surface area contributed by atoms with Gasteiger partial charge in [0.2, 0.25) is 0 Å². The Labute approximate surface area is 297 Å². The van der Waals surface area contributed by atoms with Crippen molar-refractivity contribution in [1.29, 1.82) is 0 Å². The molecule has 0 N–H and O–H groups in total. The minimum Gasteiger partial charge on any atom is -0.456 e. The molecule has 242 valence electrons. The van der Waals surface area contributed by atoms with Crippen molar-refractivity contribution in [3.63, 3.8) is 0 Å². The number of aromatic nitrogens is 2. The predicted octanol–water partition coefficient (Wildman–Crippen LogP) is 13.3. The van der Waals surface area contributed by atoms with Crippen LogP contribution in [0.5, 0.6) is 0 Å². The molecular formula is C48H29N3O. The van der Waals surface area contributed by atoms with Crippen molar-refractivity contribution in [1.82, 2.24) is 8.80 Å². The zero-order valence-electron chi connectivity index (χ0n) is 28.0. The number of hydrogen-bond donors (Lipinski definition) is 0. The van der Waals surface area contributed by atoms with Gasteiger partial charge in [-0.2, -0.15) is 0 Å². The highest BCUT2D eigenvalue weighted by atomic mass is 16.3. The molecule has 0 amide bonds. The van der Waals surface area contributed by atoms with Crippen LogP contribution in [0.15, 0.2) is 180 Å². The monoisotopic (exact) mass is 663 g/mol. The van der Waals surface area contributed by atoms with Crippen LogP contribution in [0, 0.1) is 0 Å². The van der Waals surface area contributed by atoms with E-state index in [4.69, 9.17) is 4.42 Å². The third-order valence-electron chi connectivity index (χ3n) is 11.0. The van der Waals surface area contributed by atoms with Crippen LogP contribution in [0.25, 0.3) is 87.7 Å². The second kappa shape index (κ2) is 10.3. The molecule has 0 bridgehead atoms. The van der Waals surface area contributed by atoms with E-state index in [2.05, 4.69) is 177 Å². The lowest BCUT2D eigenvalue weighted by molar-refractivity contribution is 0.669.